The molecular formula is C25H15F2N5O2S. The zero-order chi connectivity index (χ0) is 24.4. The van der Waals surface area contributed by atoms with Gasteiger partial charge in [-0.15, -0.1) is 11.3 Å². The molecule has 0 unspecified atom stereocenters. The molecule has 5 rings (SSSR count). The second-order valence-corrected chi connectivity index (χ2v) is 8.29. The molecule has 172 valence electrons. The number of rotatable bonds is 4. The molecule has 3 aromatic carbocycles. The van der Waals surface area contributed by atoms with E-state index < -0.39 is 11.6 Å². The molecule has 1 aromatic heterocycles. The minimum atomic E-state index is -0.795. The fourth-order valence-electron chi connectivity index (χ4n) is 3.37. The van der Waals surface area contributed by atoms with Gasteiger partial charge in [-0.25, -0.2) is 18.4 Å². The lowest BCUT2D eigenvalue weighted by atomic mass is 10.1. The lowest BCUT2D eigenvalue weighted by molar-refractivity contribution is -0.118. The summed E-state index contributed by atoms with van der Waals surface area (Å²) in [5.74, 6) is -1.20. The highest BCUT2D eigenvalue weighted by molar-refractivity contribution is 7.07. The first kappa shape index (κ1) is 22.2. The molecule has 35 heavy (non-hydrogen) atoms. The summed E-state index contributed by atoms with van der Waals surface area (Å²) in [6.07, 6.45) is 1.58. The molecule has 1 aliphatic heterocycles. The number of thiazole rings is 1. The number of halogens is 2. The van der Waals surface area contributed by atoms with Crippen molar-refractivity contribution in [2.75, 3.05) is 11.9 Å². The van der Waals surface area contributed by atoms with Gasteiger partial charge in [0.2, 0.25) is 4.80 Å². The van der Waals surface area contributed by atoms with Gasteiger partial charge in [0.1, 0.15) is 17.3 Å². The van der Waals surface area contributed by atoms with E-state index in [0.717, 1.165) is 17.7 Å². The van der Waals surface area contributed by atoms with Gasteiger partial charge in [-0.3, -0.25) is 4.79 Å². The normalized spacial score (nSPS) is 13.3. The third-order valence-electron chi connectivity index (χ3n) is 5.08. The Bertz CT molecular complexity index is 1580. The summed E-state index contributed by atoms with van der Waals surface area (Å²) in [4.78, 5) is 16.4. The van der Waals surface area contributed by atoms with E-state index in [9.17, 15) is 13.6 Å². The minimum Gasteiger partial charge on any atom is -0.482 e. The van der Waals surface area contributed by atoms with Gasteiger partial charge in [0.05, 0.1) is 29.2 Å². The fraction of sp³-hybridized carbons (Fsp3) is 0.0400. The molecule has 0 spiro atoms. The van der Waals surface area contributed by atoms with Crippen LogP contribution in [0.4, 0.5) is 20.2 Å². The second-order valence-electron chi connectivity index (χ2n) is 7.45. The van der Waals surface area contributed by atoms with Gasteiger partial charge in [-0.1, -0.05) is 12.1 Å². The van der Waals surface area contributed by atoms with E-state index in [-0.39, 0.29) is 18.2 Å². The average Bonchev–Trinajstić information content (AvgIpc) is 3.26. The predicted molar refractivity (Wildman–Crippen MR) is 128 cm³/mol. The quantitative estimate of drug-likeness (QED) is 0.419. The van der Waals surface area contributed by atoms with Gasteiger partial charge in [0.25, 0.3) is 5.91 Å². The summed E-state index contributed by atoms with van der Waals surface area (Å²) in [7, 11) is 0. The van der Waals surface area contributed by atoms with Gasteiger partial charge < -0.3 is 10.1 Å². The Kier molecular flexibility index (Phi) is 5.91. The Labute approximate surface area is 201 Å². The molecule has 0 fully saturated rings. The summed E-state index contributed by atoms with van der Waals surface area (Å²) in [5.41, 5.74) is 3.09. The van der Waals surface area contributed by atoms with Crippen LogP contribution in [0.3, 0.4) is 0 Å². The number of ether oxygens (including phenoxy) is 1. The zero-order valence-corrected chi connectivity index (χ0v) is 18.7. The summed E-state index contributed by atoms with van der Waals surface area (Å²) >= 11 is 1.22. The van der Waals surface area contributed by atoms with Gasteiger partial charge in [0, 0.05) is 17.0 Å². The molecule has 0 saturated carbocycles. The lowest BCUT2D eigenvalue weighted by Crippen LogP contribution is -2.25. The summed E-state index contributed by atoms with van der Waals surface area (Å²) in [5, 5.41) is 18.1. The number of hydrogen-bond acceptors (Lipinski definition) is 6. The van der Waals surface area contributed by atoms with Gasteiger partial charge >= 0.3 is 0 Å². The van der Waals surface area contributed by atoms with Crippen LogP contribution >= 0.6 is 11.3 Å². The molecule has 1 amide bonds. The number of aromatic nitrogens is 1. The van der Waals surface area contributed by atoms with Crippen LogP contribution in [-0.2, 0) is 4.79 Å². The van der Waals surface area contributed by atoms with Crippen molar-refractivity contribution in [1.29, 1.82) is 5.26 Å². The van der Waals surface area contributed by atoms with Crippen molar-refractivity contribution in [2.45, 2.75) is 0 Å². The molecule has 10 heteroatoms. The molecule has 1 aliphatic rings. The first-order valence-corrected chi connectivity index (χ1v) is 11.2. The van der Waals surface area contributed by atoms with E-state index in [1.807, 2.05) is 6.07 Å². The third-order valence-corrected chi connectivity index (χ3v) is 5.90. The molecular weight excluding hydrogens is 472 g/mol. The van der Waals surface area contributed by atoms with Gasteiger partial charge in [0.15, 0.2) is 12.4 Å². The number of benzene rings is 3. The van der Waals surface area contributed by atoms with E-state index in [1.54, 1.807) is 48.0 Å². The van der Waals surface area contributed by atoms with Crippen LogP contribution in [0.5, 0.6) is 5.75 Å². The number of nitrogens with one attached hydrogen (secondary N) is 1. The van der Waals surface area contributed by atoms with Crippen molar-refractivity contribution in [3.63, 3.8) is 0 Å². The molecule has 0 atom stereocenters. The van der Waals surface area contributed by atoms with Crippen LogP contribution in [0.25, 0.3) is 11.3 Å². The summed E-state index contributed by atoms with van der Waals surface area (Å²) in [6.45, 7) is -0.0497. The molecule has 0 saturated heterocycles. The number of nitriles is 1. The fourth-order valence-corrected chi connectivity index (χ4v) is 4.22. The summed E-state index contributed by atoms with van der Waals surface area (Å²) < 4.78 is 34.6. The van der Waals surface area contributed by atoms with Crippen molar-refractivity contribution >= 4 is 34.8 Å². The lowest BCUT2D eigenvalue weighted by Gasteiger charge is -2.18. The van der Waals surface area contributed by atoms with E-state index >= 15 is 0 Å². The first-order valence-electron chi connectivity index (χ1n) is 10.3. The Hall–Kier alpha value is -4.62. The Morgan fingerprint density at radius 1 is 1.11 bits per heavy atom. The van der Waals surface area contributed by atoms with Gasteiger partial charge in [-0.2, -0.15) is 10.4 Å². The monoisotopic (exact) mass is 487 g/mol. The molecule has 2 heterocycles. The van der Waals surface area contributed by atoms with Gasteiger partial charge in [-0.05, 0) is 48.0 Å². The minimum absolute atomic E-state index is 0.0340. The topological polar surface area (TPSA) is 91.8 Å². The highest BCUT2D eigenvalue weighted by Gasteiger charge is 2.18. The Morgan fingerprint density at radius 3 is 2.71 bits per heavy atom. The molecule has 4 aromatic rings. The van der Waals surface area contributed by atoms with Crippen LogP contribution in [-0.4, -0.2) is 23.4 Å². The number of carbonyl (C=O) groups is 1. The van der Waals surface area contributed by atoms with Crippen LogP contribution in [0.15, 0.2) is 76.1 Å². The average molecular weight is 487 g/mol. The smallest absolute Gasteiger partial charge is 0.262 e. The largest absolute Gasteiger partial charge is 0.482 e. The van der Waals surface area contributed by atoms with Crippen molar-refractivity contribution in [3.05, 3.63) is 93.6 Å². The Balaban J connectivity index is 1.62. The maximum absolute atomic E-state index is 14.3. The maximum Gasteiger partial charge on any atom is 0.262 e. The molecule has 1 N–H and O–H groups in total. The summed E-state index contributed by atoms with van der Waals surface area (Å²) in [6, 6.07) is 17.4. The van der Waals surface area contributed by atoms with Crippen LogP contribution in [0, 0.1) is 23.0 Å². The zero-order valence-electron chi connectivity index (χ0n) is 17.9. The molecule has 0 radical (unpaired) electrons. The highest BCUT2D eigenvalue weighted by Crippen LogP contribution is 2.33. The first-order chi connectivity index (χ1) is 17.0. The van der Waals surface area contributed by atoms with Crippen molar-refractivity contribution in [1.82, 2.24) is 4.68 Å². The van der Waals surface area contributed by atoms with Crippen molar-refractivity contribution < 1.29 is 18.3 Å². The number of nitrogens with zero attached hydrogens (tertiary/aromatic N) is 4. The SMILES string of the molecule is N#Cc1ccc(/C=N/n2c(-c3ccc4c(c3)NC(=O)CO4)csc2=Nc2ccc(F)cc2F)cc1. The van der Waals surface area contributed by atoms with Crippen LogP contribution in [0.2, 0.25) is 0 Å². The van der Waals surface area contributed by atoms with E-state index in [0.29, 0.717) is 33.1 Å². The van der Waals surface area contributed by atoms with E-state index in [4.69, 9.17) is 10.00 Å². The highest BCUT2D eigenvalue weighted by atomic mass is 32.1. The molecule has 0 bridgehead atoms. The number of amides is 1. The predicted octanol–water partition coefficient (Wildman–Crippen LogP) is 4.81. The van der Waals surface area contributed by atoms with Crippen LogP contribution < -0.4 is 14.9 Å². The Morgan fingerprint density at radius 2 is 1.94 bits per heavy atom. The maximum atomic E-state index is 14.3. The second kappa shape index (κ2) is 9.32. The van der Waals surface area contributed by atoms with E-state index in [1.165, 1.54) is 22.1 Å². The molecule has 7 nitrogen and oxygen atoms in total. The van der Waals surface area contributed by atoms with E-state index in [2.05, 4.69) is 21.5 Å². The third kappa shape index (κ3) is 4.71. The molecule has 0 aliphatic carbocycles. The number of carbonyl (C=O) groups excluding carboxylic acids is 1. The number of fused-ring (bicyclic) bond motifs is 1. The standard InChI is InChI=1S/C25H15F2N5O2S/c26-18-6-7-20(19(27)10-18)31-25-32(29-12-16-3-1-15(11-28)2-4-16)22(14-35-25)17-5-8-23-21(9-17)30-24(33)13-34-23/h1-10,12,14H,13H2,(H,30,33)/b29-12+,31-25?. The van der Waals surface area contributed by atoms with Crippen LogP contribution in [0.1, 0.15) is 11.1 Å². The van der Waals surface area contributed by atoms with Crippen molar-refractivity contribution in [2.24, 2.45) is 10.1 Å². The number of hydrogen-bond donors (Lipinski definition) is 1. The number of anilines is 1. The van der Waals surface area contributed by atoms with Crippen molar-refractivity contribution in [3.8, 4) is 23.1 Å².